The fourth-order valence-electron chi connectivity index (χ4n) is 2.89. The van der Waals surface area contributed by atoms with E-state index < -0.39 is 0 Å². The molecule has 1 heterocycles. The van der Waals surface area contributed by atoms with Gasteiger partial charge >= 0.3 is 0 Å². The van der Waals surface area contributed by atoms with Gasteiger partial charge in [-0.2, -0.15) is 0 Å². The van der Waals surface area contributed by atoms with Gasteiger partial charge in [-0.05, 0) is 31.1 Å². The van der Waals surface area contributed by atoms with Gasteiger partial charge in [0.05, 0.1) is 12.1 Å². The van der Waals surface area contributed by atoms with Crippen LogP contribution >= 0.6 is 11.3 Å². The number of ether oxygens (including phenoxy) is 1. The van der Waals surface area contributed by atoms with Crippen molar-refractivity contribution < 1.29 is 4.74 Å². The summed E-state index contributed by atoms with van der Waals surface area (Å²) in [7, 11) is 1.75. The van der Waals surface area contributed by atoms with Gasteiger partial charge in [-0.25, -0.2) is 4.98 Å². The summed E-state index contributed by atoms with van der Waals surface area (Å²) in [5.41, 5.74) is 0.0820. The van der Waals surface area contributed by atoms with Gasteiger partial charge in [0.1, 0.15) is 5.01 Å². The molecule has 4 heteroatoms. The minimum Gasteiger partial charge on any atom is -0.383 e. The lowest BCUT2D eigenvalue weighted by Crippen LogP contribution is -2.48. The Morgan fingerprint density at radius 3 is 2.94 bits per heavy atom. The molecular formula is C14H24N2OS. The van der Waals surface area contributed by atoms with Gasteiger partial charge < -0.3 is 10.1 Å². The molecule has 0 radical (unpaired) electrons. The van der Waals surface area contributed by atoms with E-state index in [2.05, 4.69) is 29.5 Å². The highest BCUT2D eigenvalue weighted by molar-refractivity contribution is 7.09. The first kappa shape index (κ1) is 14.0. The molecule has 0 amide bonds. The van der Waals surface area contributed by atoms with Gasteiger partial charge in [-0.3, -0.25) is 0 Å². The average molecular weight is 268 g/mol. The highest BCUT2D eigenvalue weighted by atomic mass is 32.1. The number of methoxy groups -OCH3 is 1. The fraction of sp³-hybridized carbons (Fsp3) is 0.786. The predicted octanol–water partition coefficient (Wildman–Crippen LogP) is 3.03. The largest absolute Gasteiger partial charge is 0.383 e. The summed E-state index contributed by atoms with van der Waals surface area (Å²) in [6.07, 6.45) is 5.57. The van der Waals surface area contributed by atoms with Crippen LogP contribution in [0.1, 0.15) is 38.1 Å². The second-order valence-electron chi connectivity index (χ2n) is 5.54. The maximum Gasteiger partial charge on any atom is 0.113 e. The Bertz CT molecular complexity index is 355. The monoisotopic (exact) mass is 268 g/mol. The molecule has 2 rings (SSSR count). The van der Waals surface area contributed by atoms with E-state index in [1.165, 1.54) is 24.3 Å². The van der Waals surface area contributed by atoms with Crippen LogP contribution in [0, 0.1) is 11.8 Å². The molecule has 1 saturated carbocycles. The van der Waals surface area contributed by atoms with Crippen LogP contribution in [0.25, 0.3) is 0 Å². The second kappa shape index (κ2) is 6.13. The third kappa shape index (κ3) is 2.92. The predicted molar refractivity (Wildman–Crippen MR) is 75.8 cm³/mol. The zero-order valence-electron chi connectivity index (χ0n) is 11.6. The van der Waals surface area contributed by atoms with Crippen LogP contribution in [-0.2, 0) is 10.3 Å². The summed E-state index contributed by atoms with van der Waals surface area (Å²) < 4.78 is 5.16. The van der Waals surface area contributed by atoms with E-state index in [4.69, 9.17) is 4.74 Å². The van der Waals surface area contributed by atoms with Crippen molar-refractivity contribution in [3.8, 4) is 0 Å². The molecule has 0 bridgehead atoms. The third-order valence-electron chi connectivity index (χ3n) is 4.28. The van der Waals surface area contributed by atoms with Crippen LogP contribution in [0.4, 0.5) is 0 Å². The zero-order valence-corrected chi connectivity index (χ0v) is 12.4. The number of hydrogen-bond acceptors (Lipinski definition) is 4. The highest BCUT2D eigenvalue weighted by Gasteiger charge is 2.40. The first-order chi connectivity index (χ1) is 8.68. The van der Waals surface area contributed by atoms with Crippen molar-refractivity contribution in [2.75, 3.05) is 20.3 Å². The Labute approximate surface area is 114 Å². The lowest BCUT2D eigenvalue weighted by atomic mass is 9.71. The van der Waals surface area contributed by atoms with Crippen molar-refractivity contribution in [1.29, 1.82) is 0 Å². The molecule has 3 atom stereocenters. The molecule has 1 aliphatic carbocycles. The molecule has 1 aromatic heterocycles. The van der Waals surface area contributed by atoms with Crippen LogP contribution in [0.5, 0.6) is 0 Å². The Morgan fingerprint density at radius 1 is 1.50 bits per heavy atom. The molecular weight excluding hydrogens is 244 g/mol. The molecule has 0 aromatic carbocycles. The number of thiazole rings is 1. The van der Waals surface area contributed by atoms with Crippen molar-refractivity contribution in [2.24, 2.45) is 11.8 Å². The van der Waals surface area contributed by atoms with Crippen LogP contribution < -0.4 is 5.32 Å². The number of nitrogens with one attached hydrogen (secondary N) is 1. The van der Waals surface area contributed by atoms with Gasteiger partial charge in [-0.1, -0.05) is 13.8 Å². The fourth-order valence-corrected chi connectivity index (χ4v) is 3.75. The summed E-state index contributed by atoms with van der Waals surface area (Å²) >= 11 is 1.78. The summed E-state index contributed by atoms with van der Waals surface area (Å²) in [6, 6.07) is 0. The standard InChI is InChI=1S/C14H24N2OS/c1-11-4-5-14(10-12(11)2,16-6-8-17-3)13-15-7-9-18-13/h7,9,11-12,16H,4-6,8,10H2,1-3H3. The SMILES string of the molecule is COCCNC1(c2nccs2)CCC(C)C(C)C1. The first-order valence-corrected chi connectivity index (χ1v) is 7.70. The van der Waals surface area contributed by atoms with Crippen molar-refractivity contribution in [3.05, 3.63) is 16.6 Å². The van der Waals surface area contributed by atoms with Crippen LogP contribution in [-0.4, -0.2) is 25.2 Å². The Kier molecular flexibility index (Phi) is 4.76. The van der Waals surface area contributed by atoms with Gasteiger partial charge in [0.15, 0.2) is 0 Å². The van der Waals surface area contributed by atoms with E-state index >= 15 is 0 Å². The third-order valence-corrected chi connectivity index (χ3v) is 5.26. The van der Waals surface area contributed by atoms with E-state index in [1.807, 2.05) is 6.20 Å². The molecule has 0 spiro atoms. The maximum atomic E-state index is 5.16. The molecule has 1 fully saturated rings. The number of rotatable bonds is 5. The minimum absolute atomic E-state index is 0.0820. The Morgan fingerprint density at radius 2 is 2.33 bits per heavy atom. The van der Waals surface area contributed by atoms with E-state index in [0.29, 0.717) is 0 Å². The van der Waals surface area contributed by atoms with Gasteiger partial charge in [0.2, 0.25) is 0 Å². The van der Waals surface area contributed by atoms with E-state index in [9.17, 15) is 0 Å². The Hall–Kier alpha value is -0.450. The molecule has 18 heavy (non-hydrogen) atoms. The van der Waals surface area contributed by atoms with Gasteiger partial charge in [0, 0.05) is 25.2 Å². The first-order valence-electron chi connectivity index (χ1n) is 6.82. The number of hydrogen-bond donors (Lipinski definition) is 1. The quantitative estimate of drug-likeness (QED) is 0.834. The lowest BCUT2D eigenvalue weighted by Gasteiger charge is -2.42. The lowest BCUT2D eigenvalue weighted by molar-refractivity contribution is 0.122. The molecule has 3 nitrogen and oxygen atoms in total. The summed E-state index contributed by atoms with van der Waals surface area (Å²) in [5, 5.41) is 7.04. The summed E-state index contributed by atoms with van der Waals surface area (Å²) in [5.74, 6) is 1.57. The van der Waals surface area contributed by atoms with Crippen LogP contribution in [0.2, 0.25) is 0 Å². The maximum absolute atomic E-state index is 5.16. The molecule has 1 aromatic rings. The molecule has 102 valence electrons. The van der Waals surface area contributed by atoms with Crippen molar-refractivity contribution >= 4 is 11.3 Å². The van der Waals surface area contributed by atoms with Crippen LogP contribution in [0.15, 0.2) is 11.6 Å². The van der Waals surface area contributed by atoms with Crippen molar-refractivity contribution in [2.45, 2.75) is 38.6 Å². The minimum atomic E-state index is 0.0820. The van der Waals surface area contributed by atoms with E-state index in [0.717, 1.165) is 25.0 Å². The Balaban J connectivity index is 2.13. The zero-order chi connectivity index (χ0) is 13.0. The number of aromatic nitrogens is 1. The average Bonchev–Trinajstić information content (AvgIpc) is 2.88. The topological polar surface area (TPSA) is 34.1 Å². The second-order valence-corrected chi connectivity index (χ2v) is 6.43. The van der Waals surface area contributed by atoms with Crippen LogP contribution in [0.3, 0.4) is 0 Å². The smallest absolute Gasteiger partial charge is 0.113 e. The molecule has 1 aliphatic rings. The van der Waals surface area contributed by atoms with Crippen molar-refractivity contribution in [1.82, 2.24) is 10.3 Å². The van der Waals surface area contributed by atoms with Gasteiger partial charge in [0.25, 0.3) is 0 Å². The number of nitrogens with zero attached hydrogens (tertiary/aromatic N) is 1. The van der Waals surface area contributed by atoms with Crippen molar-refractivity contribution in [3.63, 3.8) is 0 Å². The molecule has 0 aliphatic heterocycles. The normalized spacial score (nSPS) is 32.6. The van der Waals surface area contributed by atoms with E-state index in [1.54, 1.807) is 18.4 Å². The summed E-state index contributed by atoms with van der Waals surface area (Å²) in [4.78, 5) is 4.57. The molecule has 1 N–H and O–H groups in total. The summed E-state index contributed by atoms with van der Waals surface area (Å²) in [6.45, 7) is 6.39. The molecule has 3 unspecified atom stereocenters. The van der Waals surface area contributed by atoms with E-state index in [-0.39, 0.29) is 5.54 Å². The molecule has 0 saturated heterocycles. The highest BCUT2D eigenvalue weighted by Crippen LogP contribution is 2.43. The van der Waals surface area contributed by atoms with Gasteiger partial charge in [-0.15, -0.1) is 11.3 Å².